The first kappa shape index (κ1) is 26.0. The highest BCUT2D eigenvalue weighted by molar-refractivity contribution is 5.94. The number of hydrogen-bond donors (Lipinski definition) is 1. The minimum absolute atomic E-state index is 0.169. The zero-order valence-electron chi connectivity index (χ0n) is 22.1. The van der Waals surface area contributed by atoms with Crippen LogP contribution < -0.4 is 10.2 Å². The molecule has 0 radical (unpaired) electrons. The van der Waals surface area contributed by atoms with Gasteiger partial charge in [-0.2, -0.15) is 0 Å². The SMILES string of the molecule is C=C1N(C)c2cc3nc(C)nc(N[C@H](C)c4cccc(C(F)(F)C(C)C)c4F)c3cc2C1(C)CCC. The summed E-state index contributed by atoms with van der Waals surface area (Å²) in [5, 5.41) is 4.10. The van der Waals surface area contributed by atoms with Gasteiger partial charge in [0, 0.05) is 40.7 Å². The van der Waals surface area contributed by atoms with Crippen LogP contribution in [0.5, 0.6) is 0 Å². The molecule has 2 aromatic carbocycles. The van der Waals surface area contributed by atoms with E-state index in [1.54, 1.807) is 13.8 Å². The third kappa shape index (κ3) is 4.02. The molecule has 7 heteroatoms. The van der Waals surface area contributed by atoms with Gasteiger partial charge in [0.15, 0.2) is 0 Å². The molecule has 1 aromatic heterocycles. The molecule has 2 heterocycles. The number of hydrogen-bond acceptors (Lipinski definition) is 4. The summed E-state index contributed by atoms with van der Waals surface area (Å²) in [6.07, 6.45) is 1.95. The summed E-state index contributed by atoms with van der Waals surface area (Å²) in [6.45, 7) is 15.1. The van der Waals surface area contributed by atoms with E-state index in [-0.39, 0.29) is 11.0 Å². The predicted octanol–water partition coefficient (Wildman–Crippen LogP) is 8.02. The summed E-state index contributed by atoms with van der Waals surface area (Å²) >= 11 is 0. The van der Waals surface area contributed by atoms with Crippen molar-refractivity contribution in [1.82, 2.24) is 9.97 Å². The number of aryl methyl sites for hydroxylation is 1. The minimum Gasteiger partial charge on any atom is -0.363 e. The maximum Gasteiger partial charge on any atom is 0.278 e. The van der Waals surface area contributed by atoms with Crippen LogP contribution in [0.4, 0.5) is 24.7 Å². The summed E-state index contributed by atoms with van der Waals surface area (Å²) in [6, 6.07) is 7.73. The maximum atomic E-state index is 15.4. The molecule has 0 saturated carbocycles. The second-order valence-corrected chi connectivity index (χ2v) is 10.4. The summed E-state index contributed by atoms with van der Waals surface area (Å²) in [5.41, 5.74) is 3.38. The number of nitrogens with one attached hydrogen (secondary N) is 1. The Bertz CT molecular complexity index is 1330. The van der Waals surface area contributed by atoms with E-state index < -0.39 is 29.3 Å². The van der Waals surface area contributed by atoms with Crippen LogP contribution in [0.2, 0.25) is 0 Å². The number of nitrogens with zero attached hydrogens (tertiary/aromatic N) is 3. The smallest absolute Gasteiger partial charge is 0.278 e. The molecule has 1 aliphatic heterocycles. The second-order valence-electron chi connectivity index (χ2n) is 10.4. The van der Waals surface area contributed by atoms with Crippen LogP contribution in [0.3, 0.4) is 0 Å². The van der Waals surface area contributed by atoms with Gasteiger partial charge in [0.1, 0.15) is 17.5 Å². The maximum absolute atomic E-state index is 15.4. The minimum atomic E-state index is -3.27. The molecule has 0 amide bonds. The zero-order valence-corrected chi connectivity index (χ0v) is 22.1. The highest BCUT2D eigenvalue weighted by Crippen LogP contribution is 2.50. The largest absolute Gasteiger partial charge is 0.363 e. The molecule has 3 aromatic rings. The topological polar surface area (TPSA) is 41.1 Å². The fourth-order valence-corrected chi connectivity index (χ4v) is 5.30. The lowest BCUT2D eigenvalue weighted by atomic mass is 9.78. The predicted molar refractivity (Wildman–Crippen MR) is 141 cm³/mol. The molecule has 0 bridgehead atoms. The van der Waals surface area contributed by atoms with Gasteiger partial charge in [0.2, 0.25) is 0 Å². The molecular weight excluding hydrogens is 461 g/mol. The Hall–Kier alpha value is -3.09. The van der Waals surface area contributed by atoms with E-state index in [1.807, 2.05) is 13.1 Å². The molecule has 0 aliphatic carbocycles. The van der Waals surface area contributed by atoms with E-state index in [1.165, 1.54) is 26.0 Å². The average Bonchev–Trinajstić information content (AvgIpc) is 2.98. The summed E-state index contributed by atoms with van der Waals surface area (Å²) in [4.78, 5) is 11.4. The fourth-order valence-electron chi connectivity index (χ4n) is 5.30. The van der Waals surface area contributed by atoms with Crippen molar-refractivity contribution < 1.29 is 13.2 Å². The molecular formula is C29H35F3N4. The van der Waals surface area contributed by atoms with Gasteiger partial charge < -0.3 is 10.2 Å². The number of likely N-dealkylation sites (N-methyl/N-ethyl adjacent to an activating group) is 1. The van der Waals surface area contributed by atoms with Crippen LogP contribution in [0.1, 0.15) is 76.0 Å². The van der Waals surface area contributed by atoms with Crippen molar-refractivity contribution in [3.8, 4) is 0 Å². The summed E-state index contributed by atoms with van der Waals surface area (Å²) in [7, 11) is 2.02. The Labute approximate surface area is 211 Å². The highest BCUT2D eigenvalue weighted by Gasteiger charge is 2.41. The standard InChI is InChI=1S/C29H35F3N4/c1-9-13-28(7)18(5)36(8)25-15-24-21(14-23(25)28)27(35-19(6)34-24)33-17(4)20-11-10-12-22(26(20)30)29(31,32)16(2)3/h10-12,14-17H,5,9,13H2,1-4,6-8H3,(H,33,34,35)/t17-,28?/m1/s1. The van der Waals surface area contributed by atoms with Crippen LogP contribution >= 0.6 is 0 Å². The van der Waals surface area contributed by atoms with Gasteiger partial charge in [-0.25, -0.2) is 23.1 Å². The van der Waals surface area contributed by atoms with Crippen LogP contribution in [-0.2, 0) is 11.3 Å². The molecule has 4 nitrogen and oxygen atoms in total. The first-order valence-corrected chi connectivity index (χ1v) is 12.5. The Morgan fingerprint density at radius 1 is 1.17 bits per heavy atom. The molecule has 0 spiro atoms. The Balaban J connectivity index is 1.81. The van der Waals surface area contributed by atoms with Crippen LogP contribution in [0.25, 0.3) is 10.9 Å². The first-order chi connectivity index (χ1) is 16.8. The van der Waals surface area contributed by atoms with E-state index in [4.69, 9.17) is 0 Å². The van der Waals surface area contributed by atoms with E-state index in [2.05, 4.69) is 46.7 Å². The Morgan fingerprint density at radius 2 is 1.86 bits per heavy atom. The average molecular weight is 497 g/mol. The van der Waals surface area contributed by atoms with Crippen molar-refractivity contribution >= 4 is 22.4 Å². The number of anilines is 2. The van der Waals surface area contributed by atoms with Gasteiger partial charge in [-0.1, -0.05) is 52.0 Å². The Morgan fingerprint density at radius 3 is 2.50 bits per heavy atom. The van der Waals surface area contributed by atoms with E-state index in [0.29, 0.717) is 11.6 Å². The Kier molecular flexibility index (Phi) is 6.56. The van der Waals surface area contributed by atoms with Gasteiger partial charge >= 0.3 is 0 Å². The summed E-state index contributed by atoms with van der Waals surface area (Å²) in [5.74, 6) is -4.07. The van der Waals surface area contributed by atoms with Crippen LogP contribution in [-0.4, -0.2) is 17.0 Å². The summed E-state index contributed by atoms with van der Waals surface area (Å²) < 4.78 is 44.8. The van der Waals surface area contributed by atoms with Gasteiger partial charge in [0.25, 0.3) is 5.92 Å². The number of allylic oxidation sites excluding steroid dienone is 1. The van der Waals surface area contributed by atoms with Gasteiger partial charge in [-0.3, -0.25) is 0 Å². The lowest BCUT2D eigenvalue weighted by molar-refractivity contribution is -0.0545. The first-order valence-electron chi connectivity index (χ1n) is 12.5. The molecule has 0 fully saturated rings. The zero-order chi connectivity index (χ0) is 26.6. The fraction of sp³-hybridized carbons (Fsp3) is 0.448. The lowest BCUT2D eigenvalue weighted by Crippen LogP contribution is -2.25. The van der Waals surface area contributed by atoms with Gasteiger partial charge in [-0.15, -0.1) is 0 Å². The lowest BCUT2D eigenvalue weighted by Gasteiger charge is -2.27. The van der Waals surface area contributed by atoms with Gasteiger partial charge in [0.05, 0.1) is 17.1 Å². The third-order valence-electron chi connectivity index (χ3n) is 7.61. The molecule has 1 N–H and O–H groups in total. The molecule has 2 atom stereocenters. The number of benzene rings is 2. The normalized spacial score (nSPS) is 18.8. The van der Waals surface area contributed by atoms with Crippen LogP contribution in [0, 0.1) is 18.7 Å². The number of alkyl halides is 2. The van der Waals surface area contributed by atoms with Crippen LogP contribution in [0.15, 0.2) is 42.6 Å². The highest BCUT2D eigenvalue weighted by atomic mass is 19.3. The van der Waals surface area contributed by atoms with Crippen molar-refractivity contribution in [2.24, 2.45) is 5.92 Å². The van der Waals surface area contributed by atoms with Crippen molar-refractivity contribution in [2.45, 2.75) is 71.8 Å². The molecule has 192 valence electrons. The van der Waals surface area contributed by atoms with Crippen molar-refractivity contribution in [3.05, 3.63) is 70.9 Å². The molecule has 1 aliphatic rings. The van der Waals surface area contributed by atoms with Crippen molar-refractivity contribution in [3.63, 3.8) is 0 Å². The van der Waals surface area contributed by atoms with Crippen molar-refractivity contribution in [1.29, 1.82) is 0 Å². The monoisotopic (exact) mass is 496 g/mol. The second kappa shape index (κ2) is 9.09. The number of rotatable bonds is 7. The third-order valence-corrected chi connectivity index (χ3v) is 7.61. The molecule has 36 heavy (non-hydrogen) atoms. The number of fused-ring (bicyclic) bond motifs is 2. The van der Waals surface area contributed by atoms with Crippen molar-refractivity contribution in [2.75, 3.05) is 17.3 Å². The van der Waals surface area contributed by atoms with E-state index in [9.17, 15) is 8.78 Å². The molecule has 1 unspecified atom stereocenters. The van der Waals surface area contributed by atoms with Gasteiger partial charge in [-0.05, 0) is 44.9 Å². The number of halogens is 3. The quantitative estimate of drug-likeness (QED) is 0.360. The van der Waals surface area contributed by atoms with E-state index in [0.717, 1.165) is 46.8 Å². The van der Waals surface area contributed by atoms with E-state index >= 15 is 4.39 Å². The molecule has 0 saturated heterocycles. The molecule has 4 rings (SSSR count). The number of aromatic nitrogens is 2.